The van der Waals surface area contributed by atoms with Crippen LogP contribution in [0.5, 0.6) is 0 Å². The van der Waals surface area contributed by atoms with Crippen molar-refractivity contribution in [2.75, 3.05) is 18.8 Å². The van der Waals surface area contributed by atoms with Gasteiger partial charge in [-0.1, -0.05) is 12.2 Å². The predicted octanol–water partition coefficient (Wildman–Crippen LogP) is 0.639. The molecular weight excluding hydrogens is 318 g/mol. The zero-order valence-corrected chi connectivity index (χ0v) is 14.2. The molecule has 0 aliphatic carbocycles. The first-order valence-corrected chi connectivity index (χ1v) is 8.40. The fourth-order valence-electron chi connectivity index (χ4n) is 2.88. The maximum absolute atomic E-state index is 12.0. The second kappa shape index (κ2) is 7.43. The molecule has 1 atom stereocenters. The van der Waals surface area contributed by atoms with Gasteiger partial charge in [0.2, 0.25) is 5.95 Å². The molecule has 8 heteroatoms. The number of nitrogens with zero attached hydrogens (tertiary/aromatic N) is 3. The van der Waals surface area contributed by atoms with E-state index in [4.69, 9.17) is 5.73 Å². The van der Waals surface area contributed by atoms with Gasteiger partial charge < -0.3 is 21.4 Å². The maximum Gasteiger partial charge on any atom is 0.262 e. The lowest BCUT2D eigenvalue weighted by Crippen LogP contribution is -2.40. The van der Waals surface area contributed by atoms with Crippen molar-refractivity contribution >= 4 is 17.0 Å². The molecule has 2 aliphatic heterocycles. The highest BCUT2D eigenvalue weighted by Crippen LogP contribution is 2.20. The number of nitrogens with two attached hydrogens (primary N) is 1. The van der Waals surface area contributed by atoms with Crippen LogP contribution in [0.25, 0.3) is 11.0 Å². The Morgan fingerprint density at radius 2 is 2.04 bits per heavy atom. The fraction of sp³-hybridized carbons (Fsp3) is 0.412. The molecule has 0 spiro atoms. The van der Waals surface area contributed by atoms with Crippen LogP contribution in [-0.4, -0.2) is 38.6 Å². The molecule has 0 bridgehead atoms. The van der Waals surface area contributed by atoms with Crippen molar-refractivity contribution in [3.8, 4) is 0 Å². The molecule has 8 nitrogen and oxygen atoms in total. The SMILES string of the molecule is C1CCNC1.C[C@]1(Cc2nc(N)nc3nc[nH]c(=O)c23)C=CC=CN1. The highest BCUT2D eigenvalue weighted by molar-refractivity contribution is 5.77. The van der Waals surface area contributed by atoms with Gasteiger partial charge in [-0.25, -0.2) is 9.97 Å². The third kappa shape index (κ3) is 4.21. The summed E-state index contributed by atoms with van der Waals surface area (Å²) in [5, 5.41) is 6.85. The van der Waals surface area contributed by atoms with E-state index in [2.05, 4.69) is 30.6 Å². The molecule has 4 heterocycles. The first kappa shape index (κ1) is 17.1. The molecule has 0 radical (unpaired) electrons. The van der Waals surface area contributed by atoms with Crippen molar-refractivity contribution in [2.45, 2.75) is 31.7 Å². The van der Waals surface area contributed by atoms with Crippen LogP contribution in [0.4, 0.5) is 5.95 Å². The number of hydrogen-bond donors (Lipinski definition) is 4. The van der Waals surface area contributed by atoms with Gasteiger partial charge in [0.1, 0.15) is 5.39 Å². The Hall–Kier alpha value is -2.74. The van der Waals surface area contributed by atoms with Gasteiger partial charge in [-0.3, -0.25) is 4.79 Å². The summed E-state index contributed by atoms with van der Waals surface area (Å²) in [7, 11) is 0. The number of rotatable bonds is 2. The van der Waals surface area contributed by atoms with E-state index in [0.29, 0.717) is 23.1 Å². The van der Waals surface area contributed by atoms with Crippen molar-refractivity contribution < 1.29 is 0 Å². The van der Waals surface area contributed by atoms with Crippen molar-refractivity contribution in [2.24, 2.45) is 0 Å². The standard InChI is InChI=1S/C13H14N6O.C4H9N/c1-13(4-2-3-5-17-13)6-8-9-10(19-12(14)18-8)15-7-16-11(9)20;1-2-4-5-3-1/h2-5,7,17H,6H2,1H3,(H3,14,15,16,18,19,20);5H,1-4H2/t13-;/m1./s1. The van der Waals surface area contributed by atoms with E-state index in [0.717, 1.165) is 0 Å². The average molecular weight is 341 g/mol. The summed E-state index contributed by atoms with van der Waals surface area (Å²) >= 11 is 0. The Morgan fingerprint density at radius 3 is 2.68 bits per heavy atom. The minimum atomic E-state index is -0.329. The minimum absolute atomic E-state index is 0.115. The van der Waals surface area contributed by atoms with E-state index in [-0.39, 0.29) is 17.0 Å². The number of anilines is 1. The summed E-state index contributed by atoms with van der Waals surface area (Å²) in [6, 6.07) is 0. The third-order valence-corrected chi connectivity index (χ3v) is 4.17. The lowest BCUT2D eigenvalue weighted by Gasteiger charge is -2.28. The fourth-order valence-corrected chi connectivity index (χ4v) is 2.88. The van der Waals surface area contributed by atoms with Crippen LogP contribution in [0.1, 0.15) is 25.5 Å². The first-order chi connectivity index (χ1) is 12.1. The molecular formula is C17H23N7O. The van der Waals surface area contributed by atoms with Crippen LogP contribution in [0, 0.1) is 0 Å². The summed E-state index contributed by atoms with van der Waals surface area (Å²) in [5.74, 6) is 0.115. The van der Waals surface area contributed by atoms with Crippen molar-refractivity contribution in [3.63, 3.8) is 0 Å². The molecule has 0 amide bonds. The van der Waals surface area contributed by atoms with E-state index < -0.39 is 0 Å². The zero-order chi connectivity index (χ0) is 17.7. The molecule has 132 valence electrons. The van der Waals surface area contributed by atoms with Crippen LogP contribution in [0.2, 0.25) is 0 Å². The highest BCUT2D eigenvalue weighted by Gasteiger charge is 2.24. The molecule has 0 unspecified atom stereocenters. The second-order valence-electron chi connectivity index (χ2n) is 6.37. The summed E-state index contributed by atoms with van der Waals surface area (Å²) < 4.78 is 0. The molecule has 2 aromatic heterocycles. The zero-order valence-electron chi connectivity index (χ0n) is 14.2. The van der Waals surface area contributed by atoms with Gasteiger partial charge in [0.05, 0.1) is 17.6 Å². The van der Waals surface area contributed by atoms with E-state index >= 15 is 0 Å². The summed E-state index contributed by atoms with van der Waals surface area (Å²) in [6.45, 7) is 4.52. The lowest BCUT2D eigenvalue weighted by molar-refractivity contribution is 0.489. The number of aromatic nitrogens is 4. The number of aromatic amines is 1. The summed E-state index contributed by atoms with van der Waals surface area (Å²) in [4.78, 5) is 26.8. The van der Waals surface area contributed by atoms with Gasteiger partial charge in [0.15, 0.2) is 5.65 Å². The molecule has 25 heavy (non-hydrogen) atoms. The average Bonchev–Trinajstić information content (AvgIpc) is 3.14. The van der Waals surface area contributed by atoms with Crippen LogP contribution < -0.4 is 21.9 Å². The van der Waals surface area contributed by atoms with Gasteiger partial charge >= 0.3 is 0 Å². The van der Waals surface area contributed by atoms with Gasteiger partial charge in [0.25, 0.3) is 5.56 Å². The van der Waals surface area contributed by atoms with Crippen LogP contribution >= 0.6 is 0 Å². The lowest BCUT2D eigenvalue weighted by atomic mass is 9.92. The minimum Gasteiger partial charge on any atom is -0.382 e. The molecule has 0 saturated carbocycles. The molecule has 2 aromatic rings. The third-order valence-electron chi connectivity index (χ3n) is 4.17. The van der Waals surface area contributed by atoms with Gasteiger partial charge in [0, 0.05) is 6.42 Å². The quantitative estimate of drug-likeness (QED) is 0.632. The normalized spacial score (nSPS) is 21.6. The number of H-pyrrole nitrogens is 1. The second-order valence-corrected chi connectivity index (χ2v) is 6.37. The van der Waals surface area contributed by atoms with Crippen molar-refractivity contribution in [1.29, 1.82) is 0 Å². The highest BCUT2D eigenvalue weighted by atomic mass is 16.1. The molecule has 5 N–H and O–H groups in total. The summed E-state index contributed by atoms with van der Waals surface area (Å²) in [5.41, 5.74) is 6.00. The molecule has 4 rings (SSSR count). The molecule has 1 fully saturated rings. The Bertz CT molecular complexity index is 846. The molecule has 0 aromatic carbocycles. The van der Waals surface area contributed by atoms with Crippen LogP contribution in [-0.2, 0) is 6.42 Å². The number of fused-ring (bicyclic) bond motifs is 1. The van der Waals surface area contributed by atoms with E-state index in [1.165, 1.54) is 32.3 Å². The number of nitrogens with one attached hydrogen (secondary N) is 3. The Morgan fingerprint density at radius 1 is 1.24 bits per heavy atom. The van der Waals surface area contributed by atoms with Gasteiger partial charge in [-0.15, -0.1) is 0 Å². The van der Waals surface area contributed by atoms with Crippen LogP contribution in [0.3, 0.4) is 0 Å². The van der Waals surface area contributed by atoms with Gasteiger partial charge in [-0.2, -0.15) is 4.98 Å². The Balaban J connectivity index is 0.000000314. The van der Waals surface area contributed by atoms with E-state index in [1.54, 1.807) is 0 Å². The Kier molecular flexibility index (Phi) is 5.08. The van der Waals surface area contributed by atoms with E-state index in [9.17, 15) is 4.79 Å². The van der Waals surface area contributed by atoms with Crippen molar-refractivity contribution in [1.82, 2.24) is 30.6 Å². The Labute approximate surface area is 145 Å². The monoisotopic (exact) mass is 341 g/mol. The summed E-state index contributed by atoms with van der Waals surface area (Å²) in [6.07, 6.45) is 12.3. The number of allylic oxidation sites excluding steroid dienone is 2. The molecule has 2 aliphatic rings. The van der Waals surface area contributed by atoms with E-state index in [1.807, 2.05) is 31.4 Å². The number of nitrogen functional groups attached to an aromatic ring is 1. The van der Waals surface area contributed by atoms with Crippen LogP contribution in [0.15, 0.2) is 35.5 Å². The smallest absolute Gasteiger partial charge is 0.262 e. The van der Waals surface area contributed by atoms with Crippen molar-refractivity contribution in [3.05, 3.63) is 46.8 Å². The predicted molar refractivity (Wildman–Crippen MR) is 98.0 cm³/mol. The number of dihydropyridines is 1. The molecule has 1 saturated heterocycles. The first-order valence-electron chi connectivity index (χ1n) is 8.40. The number of hydrogen-bond acceptors (Lipinski definition) is 7. The maximum atomic E-state index is 12.0. The van der Waals surface area contributed by atoms with Gasteiger partial charge in [-0.05, 0) is 45.1 Å². The largest absolute Gasteiger partial charge is 0.382 e. The topological polar surface area (TPSA) is 122 Å².